The SMILES string of the molecule is O=C(O)c1nc(C2CCOCC2)n2ccc(O)cc12. The zero-order valence-corrected chi connectivity index (χ0v) is 10.2. The molecule has 1 fully saturated rings. The maximum Gasteiger partial charge on any atom is 0.356 e. The number of imidazole rings is 1. The highest BCUT2D eigenvalue weighted by molar-refractivity contribution is 5.94. The van der Waals surface area contributed by atoms with Crippen molar-refractivity contribution in [2.75, 3.05) is 13.2 Å². The maximum absolute atomic E-state index is 11.2. The lowest BCUT2D eigenvalue weighted by molar-refractivity contribution is 0.0692. The maximum atomic E-state index is 11.2. The van der Waals surface area contributed by atoms with Crippen LogP contribution in [0.25, 0.3) is 5.52 Å². The molecule has 1 saturated heterocycles. The molecule has 2 aromatic heterocycles. The molecule has 2 aromatic rings. The van der Waals surface area contributed by atoms with Crippen molar-refractivity contribution in [3.8, 4) is 5.75 Å². The number of hydrogen-bond donors (Lipinski definition) is 2. The Balaban J connectivity index is 2.16. The van der Waals surface area contributed by atoms with Gasteiger partial charge in [0.25, 0.3) is 0 Å². The number of nitrogens with zero attached hydrogens (tertiary/aromatic N) is 2. The molecule has 0 radical (unpaired) electrons. The van der Waals surface area contributed by atoms with Gasteiger partial charge in [0.1, 0.15) is 11.6 Å². The summed E-state index contributed by atoms with van der Waals surface area (Å²) in [7, 11) is 0. The number of aromatic carboxylic acids is 1. The van der Waals surface area contributed by atoms with Gasteiger partial charge in [-0.15, -0.1) is 0 Å². The molecular formula is C13H14N2O4. The van der Waals surface area contributed by atoms with Gasteiger partial charge in [0.2, 0.25) is 0 Å². The summed E-state index contributed by atoms with van der Waals surface area (Å²) >= 11 is 0. The standard InChI is InChI=1S/C13H14N2O4/c16-9-1-4-15-10(7-9)11(13(17)18)14-12(15)8-2-5-19-6-3-8/h1,4,7-8,16H,2-3,5-6H2,(H,17,18). The van der Waals surface area contributed by atoms with Gasteiger partial charge >= 0.3 is 5.97 Å². The molecule has 6 heteroatoms. The number of aromatic nitrogens is 2. The lowest BCUT2D eigenvalue weighted by atomic mass is 10.00. The molecule has 0 saturated carbocycles. The van der Waals surface area contributed by atoms with Gasteiger partial charge in [-0.2, -0.15) is 0 Å². The van der Waals surface area contributed by atoms with Gasteiger partial charge in [-0.3, -0.25) is 0 Å². The molecule has 0 atom stereocenters. The minimum Gasteiger partial charge on any atom is -0.508 e. The van der Waals surface area contributed by atoms with Crippen LogP contribution in [0.2, 0.25) is 0 Å². The summed E-state index contributed by atoms with van der Waals surface area (Å²) in [6, 6.07) is 2.96. The normalized spacial score (nSPS) is 16.8. The second-order valence-electron chi connectivity index (χ2n) is 4.65. The number of fused-ring (bicyclic) bond motifs is 1. The summed E-state index contributed by atoms with van der Waals surface area (Å²) in [5.74, 6) is -0.121. The van der Waals surface area contributed by atoms with E-state index in [0.29, 0.717) is 18.7 Å². The lowest BCUT2D eigenvalue weighted by Crippen LogP contribution is -2.16. The number of carboxylic acids is 1. The van der Waals surface area contributed by atoms with Crippen LogP contribution in [0.5, 0.6) is 5.75 Å². The molecule has 2 N–H and O–H groups in total. The van der Waals surface area contributed by atoms with Gasteiger partial charge < -0.3 is 19.4 Å². The molecule has 6 nitrogen and oxygen atoms in total. The molecule has 0 unspecified atom stereocenters. The number of aromatic hydroxyl groups is 1. The first kappa shape index (κ1) is 12.0. The highest BCUT2D eigenvalue weighted by Crippen LogP contribution is 2.29. The lowest BCUT2D eigenvalue weighted by Gasteiger charge is -2.20. The highest BCUT2D eigenvalue weighted by atomic mass is 16.5. The van der Waals surface area contributed by atoms with Crippen molar-refractivity contribution in [3.05, 3.63) is 29.8 Å². The van der Waals surface area contributed by atoms with Crippen molar-refractivity contribution in [3.63, 3.8) is 0 Å². The molecule has 0 aromatic carbocycles. The fourth-order valence-corrected chi connectivity index (χ4v) is 2.50. The van der Waals surface area contributed by atoms with E-state index < -0.39 is 5.97 Å². The van der Waals surface area contributed by atoms with E-state index in [4.69, 9.17) is 4.74 Å². The summed E-state index contributed by atoms with van der Waals surface area (Å²) < 4.78 is 7.06. The van der Waals surface area contributed by atoms with Crippen molar-refractivity contribution in [1.29, 1.82) is 0 Å². The van der Waals surface area contributed by atoms with Crippen molar-refractivity contribution < 1.29 is 19.7 Å². The molecule has 1 aliphatic heterocycles. The minimum atomic E-state index is -1.08. The molecule has 0 amide bonds. The molecule has 1 aliphatic rings. The van der Waals surface area contributed by atoms with E-state index in [1.165, 1.54) is 12.1 Å². The Hall–Kier alpha value is -2.08. The van der Waals surface area contributed by atoms with Crippen molar-refractivity contribution in [2.45, 2.75) is 18.8 Å². The van der Waals surface area contributed by atoms with Crippen LogP contribution in [0, 0.1) is 0 Å². The zero-order chi connectivity index (χ0) is 13.4. The second-order valence-corrected chi connectivity index (χ2v) is 4.65. The van der Waals surface area contributed by atoms with Crippen molar-refractivity contribution in [1.82, 2.24) is 9.38 Å². The van der Waals surface area contributed by atoms with Crippen LogP contribution in [0.4, 0.5) is 0 Å². The average molecular weight is 262 g/mol. The Labute approximate surface area is 109 Å². The third-order valence-electron chi connectivity index (χ3n) is 3.44. The van der Waals surface area contributed by atoms with Crippen LogP contribution in [0.3, 0.4) is 0 Å². The fraction of sp³-hybridized carbons (Fsp3) is 0.385. The molecule has 0 aliphatic carbocycles. The van der Waals surface area contributed by atoms with E-state index in [1.807, 2.05) is 0 Å². The molecule has 3 heterocycles. The summed E-state index contributed by atoms with van der Waals surface area (Å²) in [5.41, 5.74) is 0.409. The summed E-state index contributed by atoms with van der Waals surface area (Å²) in [6.45, 7) is 1.33. The monoisotopic (exact) mass is 262 g/mol. The summed E-state index contributed by atoms with van der Waals surface area (Å²) in [6.07, 6.45) is 3.33. The van der Waals surface area contributed by atoms with Crippen LogP contribution in [0.1, 0.15) is 35.1 Å². The van der Waals surface area contributed by atoms with Crippen LogP contribution in [-0.2, 0) is 4.74 Å². The van der Waals surface area contributed by atoms with Crippen LogP contribution in [0.15, 0.2) is 18.3 Å². The Morgan fingerprint density at radius 3 is 2.84 bits per heavy atom. The van der Waals surface area contributed by atoms with E-state index >= 15 is 0 Å². The molecule has 0 bridgehead atoms. The van der Waals surface area contributed by atoms with Crippen molar-refractivity contribution >= 4 is 11.5 Å². The third-order valence-corrected chi connectivity index (χ3v) is 3.44. The van der Waals surface area contributed by atoms with Gasteiger partial charge in [0.05, 0.1) is 5.52 Å². The van der Waals surface area contributed by atoms with Crippen LogP contribution in [-0.4, -0.2) is 38.8 Å². The number of carbonyl (C=O) groups is 1. The summed E-state index contributed by atoms with van der Waals surface area (Å²) in [4.78, 5) is 15.5. The largest absolute Gasteiger partial charge is 0.508 e. The van der Waals surface area contributed by atoms with Gasteiger partial charge in [0.15, 0.2) is 5.69 Å². The molecular weight excluding hydrogens is 248 g/mol. The quantitative estimate of drug-likeness (QED) is 0.859. The molecule has 19 heavy (non-hydrogen) atoms. The Kier molecular flexibility index (Phi) is 2.87. The third kappa shape index (κ3) is 2.04. The van der Waals surface area contributed by atoms with Gasteiger partial charge in [-0.25, -0.2) is 9.78 Å². The fourth-order valence-electron chi connectivity index (χ4n) is 2.50. The zero-order valence-electron chi connectivity index (χ0n) is 10.2. The second kappa shape index (κ2) is 4.55. The van der Waals surface area contributed by atoms with Gasteiger partial charge in [-0.1, -0.05) is 0 Å². The van der Waals surface area contributed by atoms with E-state index in [0.717, 1.165) is 18.7 Å². The first-order valence-corrected chi connectivity index (χ1v) is 6.19. The van der Waals surface area contributed by atoms with E-state index in [2.05, 4.69) is 4.98 Å². The molecule has 3 rings (SSSR count). The Morgan fingerprint density at radius 1 is 1.42 bits per heavy atom. The number of rotatable bonds is 2. The van der Waals surface area contributed by atoms with E-state index in [-0.39, 0.29) is 17.4 Å². The van der Waals surface area contributed by atoms with E-state index in [9.17, 15) is 15.0 Å². The topological polar surface area (TPSA) is 84.1 Å². The predicted molar refractivity (Wildman–Crippen MR) is 66.6 cm³/mol. The smallest absolute Gasteiger partial charge is 0.356 e. The highest BCUT2D eigenvalue weighted by Gasteiger charge is 2.24. The van der Waals surface area contributed by atoms with E-state index in [1.54, 1.807) is 10.6 Å². The van der Waals surface area contributed by atoms with Crippen LogP contribution >= 0.6 is 0 Å². The Bertz CT molecular complexity index is 629. The Morgan fingerprint density at radius 2 is 2.16 bits per heavy atom. The molecule has 100 valence electrons. The van der Waals surface area contributed by atoms with Gasteiger partial charge in [0, 0.05) is 31.4 Å². The predicted octanol–water partition coefficient (Wildman–Crippen LogP) is 1.63. The van der Waals surface area contributed by atoms with Crippen LogP contribution < -0.4 is 0 Å². The number of hydrogen-bond acceptors (Lipinski definition) is 4. The van der Waals surface area contributed by atoms with Crippen molar-refractivity contribution in [2.24, 2.45) is 0 Å². The number of carboxylic acid groups (broad SMARTS) is 1. The number of pyridine rings is 1. The minimum absolute atomic E-state index is 0.0163. The number of ether oxygens (including phenoxy) is 1. The average Bonchev–Trinajstić information content (AvgIpc) is 2.78. The molecule has 0 spiro atoms. The first-order valence-electron chi connectivity index (χ1n) is 6.19. The first-order chi connectivity index (χ1) is 9.16. The van der Waals surface area contributed by atoms with Gasteiger partial charge in [-0.05, 0) is 18.9 Å². The summed E-state index contributed by atoms with van der Waals surface area (Å²) in [5, 5.41) is 18.7.